The number of hydrogen-bond donors (Lipinski definition) is 1. The molecule has 158 valence electrons. The molecule has 0 unspecified atom stereocenters. The number of anilines is 1. The molecule has 0 bridgehead atoms. The van der Waals surface area contributed by atoms with E-state index in [-0.39, 0.29) is 30.1 Å². The maximum atomic E-state index is 12.5. The van der Waals surface area contributed by atoms with Crippen molar-refractivity contribution >= 4 is 23.4 Å². The number of nitrogens with one attached hydrogen (secondary N) is 1. The lowest BCUT2D eigenvalue weighted by molar-refractivity contribution is -0.122. The fourth-order valence-corrected chi connectivity index (χ4v) is 3.51. The van der Waals surface area contributed by atoms with E-state index in [1.54, 1.807) is 31.2 Å². The maximum Gasteiger partial charge on any atom is 0.251 e. The number of carbonyl (C=O) groups excluding carboxylic acids is 3. The molecule has 3 amide bonds. The summed E-state index contributed by atoms with van der Waals surface area (Å²) in [6.07, 6.45) is 0.198. The highest BCUT2D eigenvalue weighted by molar-refractivity contribution is 6.21. The van der Waals surface area contributed by atoms with Gasteiger partial charge in [0.2, 0.25) is 11.8 Å². The fourth-order valence-electron chi connectivity index (χ4n) is 3.51. The van der Waals surface area contributed by atoms with Crippen LogP contribution in [0.2, 0.25) is 0 Å². The van der Waals surface area contributed by atoms with Crippen molar-refractivity contribution in [3.8, 4) is 5.75 Å². The Kier molecular flexibility index (Phi) is 6.55. The van der Waals surface area contributed by atoms with Crippen LogP contribution in [0.1, 0.15) is 54.6 Å². The molecule has 2 aromatic carbocycles. The zero-order chi connectivity index (χ0) is 21.8. The molecular weight excluding hydrogens is 380 g/mol. The van der Waals surface area contributed by atoms with E-state index in [0.717, 1.165) is 21.8 Å². The van der Waals surface area contributed by atoms with E-state index in [9.17, 15) is 14.4 Å². The van der Waals surface area contributed by atoms with Crippen molar-refractivity contribution in [1.29, 1.82) is 0 Å². The summed E-state index contributed by atoms with van der Waals surface area (Å²) in [5.74, 6) is 0.103. The molecule has 0 aliphatic carbocycles. The number of amides is 3. The van der Waals surface area contributed by atoms with E-state index < -0.39 is 0 Å². The van der Waals surface area contributed by atoms with Gasteiger partial charge in [-0.3, -0.25) is 19.3 Å². The Balaban J connectivity index is 1.59. The Morgan fingerprint density at radius 2 is 1.97 bits per heavy atom. The Bertz CT molecular complexity index is 967. The monoisotopic (exact) mass is 408 g/mol. The molecule has 1 saturated heterocycles. The second-order valence-electron chi connectivity index (χ2n) is 8.02. The number of imide groups is 1. The molecule has 3 rings (SSSR count). The largest absolute Gasteiger partial charge is 0.491 e. The minimum absolute atomic E-state index is 0.198. The van der Waals surface area contributed by atoms with Gasteiger partial charge in [0.15, 0.2) is 0 Å². The van der Waals surface area contributed by atoms with Crippen LogP contribution in [-0.4, -0.2) is 30.9 Å². The van der Waals surface area contributed by atoms with Gasteiger partial charge in [-0.2, -0.15) is 0 Å². The summed E-state index contributed by atoms with van der Waals surface area (Å²) in [6, 6.07) is 12.7. The van der Waals surface area contributed by atoms with E-state index in [1.165, 1.54) is 0 Å². The van der Waals surface area contributed by atoms with Gasteiger partial charge >= 0.3 is 0 Å². The Hall–Kier alpha value is -3.15. The van der Waals surface area contributed by atoms with E-state index in [1.807, 2.05) is 13.0 Å². The zero-order valence-corrected chi connectivity index (χ0v) is 17.9. The molecule has 0 spiro atoms. The van der Waals surface area contributed by atoms with E-state index in [0.29, 0.717) is 30.3 Å². The van der Waals surface area contributed by atoms with Crippen molar-refractivity contribution in [3.05, 3.63) is 59.2 Å². The first-order chi connectivity index (χ1) is 14.3. The van der Waals surface area contributed by atoms with Crippen LogP contribution in [0.15, 0.2) is 42.5 Å². The lowest BCUT2D eigenvalue weighted by Gasteiger charge is -2.16. The maximum absolute atomic E-state index is 12.5. The van der Waals surface area contributed by atoms with E-state index >= 15 is 0 Å². The van der Waals surface area contributed by atoms with Gasteiger partial charge in [-0.05, 0) is 48.2 Å². The molecular formula is C24H28N2O4. The van der Waals surface area contributed by atoms with Crippen molar-refractivity contribution < 1.29 is 19.1 Å². The van der Waals surface area contributed by atoms with Crippen molar-refractivity contribution in [1.82, 2.24) is 5.32 Å². The summed E-state index contributed by atoms with van der Waals surface area (Å²) in [5.41, 5.74) is 3.08. The molecule has 6 heteroatoms. The van der Waals surface area contributed by atoms with Gasteiger partial charge in [-0.15, -0.1) is 0 Å². The molecule has 1 N–H and O–H groups in total. The van der Waals surface area contributed by atoms with Gasteiger partial charge in [0.05, 0.1) is 12.2 Å². The van der Waals surface area contributed by atoms with Crippen LogP contribution in [0, 0.1) is 12.8 Å². The van der Waals surface area contributed by atoms with Crippen LogP contribution in [0.4, 0.5) is 5.69 Å². The molecule has 6 nitrogen and oxygen atoms in total. The minimum Gasteiger partial charge on any atom is -0.491 e. The van der Waals surface area contributed by atoms with Gasteiger partial charge < -0.3 is 10.1 Å². The SMILES string of the molecule is Cc1ccc(C(C)C)c(OCCNC(=O)c2cccc(N3C(=O)C[C@H](C)C3=O)c2)c1. The topological polar surface area (TPSA) is 75.7 Å². The van der Waals surface area contributed by atoms with Crippen LogP contribution in [0.25, 0.3) is 0 Å². The van der Waals surface area contributed by atoms with Crippen LogP contribution in [0.3, 0.4) is 0 Å². The Labute approximate surface area is 177 Å². The Morgan fingerprint density at radius 1 is 1.20 bits per heavy atom. The average molecular weight is 408 g/mol. The van der Waals surface area contributed by atoms with Crippen LogP contribution < -0.4 is 15.0 Å². The summed E-state index contributed by atoms with van der Waals surface area (Å²) in [5, 5.41) is 2.83. The molecule has 1 atom stereocenters. The quantitative estimate of drug-likeness (QED) is 0.558. The third kappa shape index (κ3) is 4.70. The first kappa shape index (κ1) is 21.6. The normalized spacial score (nSPS) is 16.3. The standard InChI is InChI=1S/C24H28N2O4/c1-15(2)20-9-8-16(3)12-21(20)30-11-10-25-23(28)18-6-5-7-19(14-18)26-22(27)13-17(4)24(26)29/h5-9,12,14-15,17H,10-11,13H2,1-4H3,(H,25,28)/t17-/m0/s1. The molecule has 1 heterocycles. The second-order valence-corrected chi connectivity index (χ2v) is 8.02. The number of benzene rings is 2. The summed E-state index contributed by atoms with van der Waals surface area (Å²) >= 11 is 0. The highest BCUT2D eigenvalue weighted by Gasteiger charge is 2.36. The molecule has 1 aliphatic rings. The number of aryl methyl sites for hydroxylation is 1. The summed E-state index contributed by atoms with van der Waals surface area (Å²) in [6.45, 7) is 8.66. The number of rotatable bonds is 7. The predicted octanol–water partition coefficient (Wildman–Crippen LogP) is 3.83. The van der Waals surface area contributed by atoms with E-state index in [2.05, 4.69) is 31.3 Å². The van der Waals surface area contributed by atoms with Crippen molar-refractivity contribution in [3.63, 3.8) is 0 Å². The highest BCUT2D eigenvalue weighted by Crippen LogP contribution is 2.28. The molecule has 0 saturated carbocycles. The second kappa shape index (κ2) is 9.11. The molecule has 0 radical (unpaired) electrons. The molecule has 0 aromatic heterocycles. The van der Waals surface area contributed by atoms with Gasteiger partial charge in [0.1, 0.15) is 12.4 Å². The highest BCUT2D eigenvalue weighted by atomic mass is 16.5. The van der Waals surface area contributed by atoms with Crippen molar-refractivity contribution in [2.45, 2.75) is 40.0 Å². The lowest BCUT2D eigenvalue weighted by atomic mass is 10.0. The van der Waals surface area contributed by atoms with E-state index in [4.69, 9.17) is 4.74 Å². The van der Waals surface area contributed by atoms with Crippen LogP contribution >= 0.6 is 0 Å². The average Bonchev–Trinajstić information content (AvgIpc) is 2.96. The van der Waals surface area contributed by atoms with Crippen LogP contribution in [0.5, 0.6) is 5.75 Å². The third-order valence-corrected chi connectivity index (χ3v) is 5.17. The first-order valence-electron chi connectivity index (χ1n) is 10.3. The predicted molar refractivity (Wildman–Crippen MR) is 116 cm³/mol. The Morgan fingerprint density at radius 3 is 2.63 bits per heavy atom. The van der Waals surface area contributed by atoms with Gasteiger partial charge in [-0.1, -0.05) is 39.0 Å². The summed E-state index contributed by atoms with van der Waals surface area (Å²) in [7, 11) is 0. The number of carbonyl (C=O) groups is 3. The van der Waals surface area contributed by atoms with Crippen molar-refractivity contribution in [2.24, 2.45) is 5.92 Å². The molecule has 2 aromatic rings. The summed E-state index contributed by atoms with van der Waals surface area (Å²) in [4.78, 5) is 38.0. The van der Waals surface area contributed by atoms with Gasteiger partial charge in [-0.25, -0.2) is 0 Å². The third-order valence-electron chi connectivity index (χ3n) is 5.17. The molecule has 1 fully saturated rings. The number of nitrogens with zero attached hydrogens (tertiary/aromatic N) is 1. The number of ether oxygens (including phenoxy) is 1. The van der Waals surface area contributed by atoms with Crippen LogP contribution in [-0.2, 0) is 9.59 Å². The summed E-state index contributed by atoms with van der Waals surface area (Å²) < 4.78 is 5.90. The fraction of sp³-hybridized carbons (Fsp3) is 0.375. The smallest absolute Gasteiger partial charge is 0.251 e. The molecule has 30 heavy (non-hydrogen) atoms. The van der Waals surface area contributed by atoms with Gasteiger partial charge in [0, 0.05) is 17.9 Å². The first-order valence-corrected chi connectivity index (χ1v) is 10.3. The molecule has 1 aliphatic heterocycles. The van der Waals surface area contributed by atoms with Crippen molar-refractivity contribution in [2.75, 3.05) is 18.1 Å². The zero-order valence-electron chi connectivity index (χ0n) is 17.9. The lowest BCUT2D eigenvalue weighted by Crippen LogP contribution is -2.31. The number of hydrogen-bond acceptors (Lipinski definition) is 4. The minimum atomic E-state index is -0.329. The van der Waals surface area contributed by atoms with Gasteiger partial charge in [0.25, 0.3) is 5.91 Å².